The van der Waals surface area contributed by atoms with Gasteiger partial charge in [0.15, 0.2) is 23.0 Å². The molecule has 3 unspecified atom stereocenters. The van der Waals surface area contributed by atoms with Gasteiger partial charge in [-0.15, -0.1) is 0 Å². The van der Waals surface area contributed by atoms with Gasteiger partial charge in [-0.25, -0.2) is 0 Å². The van der Waals surface area contributed by atoms with Crippen LogP contribution in [-0.4, -0.2) is 13.5 Å². The fourth-order valence-electron chi connectivity index (χ4n) is 10.0. The molecule has 0 amide bonds. The van der Waals surface area contributed by atoms with Crippen molar-refractivity contribution in [1.82, 2.24) is 0 Å². The molecular formula is C53H72O6P2. The molecule has 0 saturated carbocycles. The molecule has 0 N–H and O–H groups in total. The lowest BCUT2D eigenvalue weighted by Gasteiger charge is -2.30. The summed E-state index contributed by atoms with van der Waals surface area (Å²) in [4.78, 5) is 0. The van der Waals surface area contributed by atoms with Gasteiger partial charge in [-0.3, -0.25) is 0 Å². The van der Waals surface area contributed by atoms with Crippen LogP contribution in [0.5, 0.6) is 34.5 Å². The number of hydrogen-bond acceptors (Lipinski definition) is 6. The van der Waals surface area contributed by atoms with E-state index in [9.17, 15) is 0 Å². The first-order valence-electron chi connectivity index (χ1n) is 22.1. The summed E-state index contributed by atoms with van der Waals surface area (Å²) in [6.07, 6.45) is 2.35. The van der Waals surface area contributed by atoms with E-state index in [0.29, 0.717) is 6.35 Å². The summed E-state index contributed by atoms with van der Waals surface area (Å²) in [5.41, 5.74) is 11.9. The first kappa shape index (κ1) is 45.6. The van der Waals surface area contributed by atoms with Gasteiger partial charge in [0.25, 0.3) is 0 Å². The van der Waals surface area contributed by atoms with Gasteiger partial charge < -0.3 is 27.6 Å². The Hall–Kier alpha value is -3.46. The quantitative estimate of drug-likeness (QED) is 0.130. The minimum absolute atomic E-state index is 0.0195. The number of methoxy groups -OCH3 is 1. The maximum Gasteiger partial charge on any atom is 0.530 e. The predicted octanol–water partition coefficient (Wildman–Crippen LogP) is 15.2. The molecule has 1 spiro atoms. The Labute approximate surface area is 371 Å². The van der Waals surface area contributed by atoms with E-state index in [1.165, 1.54) is 38.9 Å². The summed E-state index contributed by atoms with van der Waals surface area (Å²) in [6.45, 7) is 40.8. The maximum atomic E-state index is 6.74. The van der Waals surface area contributed by atoms with Crippen LogP contribution in [0.15, 0.2) is 48.5 Å². The van der Waals surface area contributed by atoms with E-state index in [1.54, 1.807) is 7.11 Å². The van der Waals surface area contributed by atoms with Crippen LogP contribution in [0.1, 0.15) is 179 Å². The average molecular weight is 867 g/mol. The summed E-state index contributed by atoms with van der Waals surface area (Å²) >= 11 is 0. The van der Waals surface area contributed by atoms with Crippen LogP contribution in [0.4, 0.5) is 0 Å². The molecule has 0 aromatic heterocycles. The minimum Gasteiger partial charge on any atom is -0.493 e. The van der Waals surface area contributed by atoms with E-state index >= 15 is 0 Å². The molecule has 330 valence electrons. The van der Waals surface area contributed by atoms with Crippen molar-refractivity contribution in [2.45, 2.75) is 175 Å². The smallest absolute Gasteiger partial charge is 0.493 e. The lowest BCUT2D eigenvalue weighted by atomic mass is 9.72. The van der Waals surface area contributed by atoms with Crippen molar-refractivity contribution in [2.75, 3.05) is 13.5 Å². The summed E-state index contributed by atoms with van der Waals surface area (Å²) in [7, 11) is 0.171. The molecule has 4 aromatic rings. The largest absolute Gasteiger partial charge is 0.530 e. The highest BCUT2D eigenvalue weighted by atomic mass is 31.2. The second-order valence-electron chi connectivity index (χ2n) is 23.5. The van der Waals surface area contributed by atoms with Crippen LogP contribution in [0.3, 0.4) is 0 Å². The monoisotopic (exact) mass is 866 g/mol. The molecule has 2 aliphatic carbocycles. The van der Waals surface area contributed by atoms with Crippen LogP contribution < -0.4 is 27.6 Å². The molecule has 0 radical (unpaired) electrons. The number of fused-ring (bicyclic) bond motifs is 5. The van der Waals surface area contributed by atoms with Crippen molar-refractivity contribution >= 4 is 17.4 Å². The first-order chi connectivity index (χ1) is 28.0. The molecule has 8 heteroatoms. The summed E-state index contributed by atoms with van der Waals surface area (Å²) in [5.74, 6) is 4.83. The highest BCUT2D eigenvalue weighted by Crippen LogP contribution is 2.66. The highest BCUT2D eigenvalue weighted by Gasteiger charge is 2.57. The Morgan fingerprint density at radius 3 is 1.51 bits per heavy atom. The van der Waals surface area contributed by atoms with E-state index < -0.39 is 8.60 Å². The minimum atomic E-state index is -1.69. The molecule has 4 aromatic carbocycles. The maximum absolute atomic E-state index is 6.74. The molecule has 1 heterocycles. The van der Waals surface area contributed by atoms with Crippen LogP contribution in [0.2, 0.25) is 0 Å². The fraction of sp³-hybridized carbons (Fsp3) is 0.547. The average Bonchev–Trinajstić information content (AvgIpc) is 3.69. The third kappa shape index (κ3) is 8.40. The topological polar surface area (TPSA) is 55.4 Å². The van der Waals surface area contributed by atoms with E-state index in [0.717, 1.165) is 64.0 Å². The zero-order valence-electron chi connectivity index (χ0n) is 40.6. The second kappa shape index (κ2) is 15.1. The molecule has 0 bridgehead atoms. The van der Waals surface area contributed by atoms with Crippen molar-refractivity contribution in [3.05, 3.63) is 104 Å². The first-order valence-corrected chi connectivity index (χ1v) is 24.3. The van der Waals surface area contributed by atoms with Crippen molar-refractivity contribution in [3.8, 4) is 34.5 Å². The molecule has 3 aliphatic rings. The Morgan fingerprint density at radius 1 is 0.574 bits per heavy atom. The van der Waals surface area contributed by atoms with Crippen LogP contribution >= 0.6 is 17.4 Å². The van der Waals surface area contributed by atoms with Gasteiger partial charge in [0, 0.05) is 16.5 Å². The van der Waals surface area contributed by atoms with Crippen molar-refractivity contribution in [2.24, 2.45) is 0 Å². The molecule has 0 saturated heterocycles. The number of rotatable bonds is 8. The van der Waals surface area contributed by atoms with E-state index in [-0.39, 0.29) is 46.7 Å². The van der Waals surface area contributed by atoms with E-state index in [4.69, 9.17) is 27.6 Å². The van der Waals surface area contributed by atoms with E-state index in [2.05, 4.69) is 173 Å². The lowest BCUT2D eigenvalue weighted by molar-refractivity contribution is 0.336. The summed E-state index contributed by atoms with van der Waals surface area (Å²) < 4.78 is 39.2. The number of benzene rings is 4. The normalized spacial score (nSPS) is 20.3. The van der Waals surface area contributed by atoms with Gasteiger partial charge >= 0.3 is 8.60 Å². The molecule has 3 atom stereocenters. The number of hydrogen-bond donors (Lipinski definition) is 0. The second-order valence-corrected chi connectivity index (χ2v) is 25.2. The number of aryl methyl sites for hydroxylation is 2. The third-order valence-electron chi connectivity index (χ3n) is 13.2. The lowest BCUT2D eigenvalue weighted by Crippen LogP contribution is -2.27. The molecular weight excluding hydrogens is 795 g/mol. The standard InChI is InChI=1S/C53H72O6P2/c1-31-20-33(47(3,4)5)22-39(49(9,10)11)45(31)56-60-30-55-42-24-35-37(26-41(42)54-19)53(28-51(35,15)16)29-52(17,18)36-25-43-44(27-38(36)53)58-61(57-43)59-46-32(2)21-34(48(6,7)8)23-40(46)50(12,13)14/h20-27,60H,28-30H2,1-19H3. The molecule has 61 heavy (non-hydrogen) atoms. The van der Waals surface area contributed by atoms with Crippen LogP contribution in [0.25, 0.3) is 0 Å². The zero-order valence-corrected chi connectivity index (χ0v) is 42.5. The van der Waals surface area contributed by atoms with Gasteiger partial charge in [0.1, 0.15) is 26.7 Å². The van der Waals surface area contributed by atoms with Crippen LogP contribution in [-0.2, 0) is 37.9 Å². The SMILES string of the molecule is COc1cc2c(cc1OCPOc1c(C)cc(C(C)(C)C)cc1C(C)(C)C)C(C)(C)CC21CC(C)(C)c2cc3c(cc21)OP(Oc1c(C)cc(C(C)(C)C)cc1C(C)(C)C)O3. The summed E-state index contributed by atoms with van der Waals surface area (Å²) in [5, 5.41) is 0. The Balaban J connectivity index is 1.17. The fourth-order valence-corrected chi connectivity index (χ4v) is 11.8. The molecule has 1 aliphatic heterocycles. The van der Waals surface area contributed by atoms with Crippen molar-refractivity contribution in [3.63, 3.8) is 0 Å². The van der Waals surface area contributed by atoms with Crippen molar-refractivity contribution < 1.29 is 27.6 Å². The van der Waals surface area contributed by atoms with Gasteiger partial charge in [0.05, 0.1) is 7.11 Å². The molecule has 6 nitrogen and oxygen atoms in total. The summed E-state index contributed by atoms with van der Waals surface area (Å²) in [6, 6.07) is 18.1. The van der Waals surface area contributed by atoms with E-state index in [1.807, 2.05) is 0 Å². The molecule has 7 rings (SSSR count). The van der Waals surface area contributed by atoms with Gasteiger partial charge in [-0.2, -0.15) is 0 Å². The zero-order chi connectivity index (χ0) is 45.0. The van der Waals surface area contributed by atoms with Crippen molar-refractivity contribution in [1.29, 1.82) is 0 Å². The number of ether oxygens (including phenoxy) is 2. The van der Waals surface area contributed by atoms with Gasteiger partial charge in [-0.05, 0) is 128 Å². The molecule has 0 fully saturated rings. The predicted molar refractivity (Wildman–Crippen MR) is 256 cm³/mol. The van der Waals surface area contributed by atoms with Gasteiger partial charge in [-0.1, -0.05) is 135 Å². The highest BCUT2D eigenvalue weighted by molar-refractivity contribution is 7.43. The third-order valence-corrected chi connectivity index (χ3v) is 14.9. The Bertz CT molecular complexity index is 2360. The van der Waals surface area contributed by atoms with Crippen LogP contribution in [0, 0.1) is 13.8 Å². The van der Waals surface area contributed by atoms with Gasteiger partial charge in [0.2, 0.25) is 0 Å². The Morgan fingerprint density at radius 2 is 1.02 bits per heavy atom. The Kier molecular flexibility index (Phi) is 11.3.